The predicted molar refractivity (Wildman–Crippen MR) is 101 cm³/mol. The smallest absolute Gasteiger partial charge is 0.271 e. The summed E-state index contributed by atoms with van der Waals surface area (Å²) >= 11 is 2.13. The lowest BCUT2D eigenvalue weighted by Crippen LogP contribution is -2.28. The Kier molecular flexibility index (Phi) is 4.98. The molecule has 0 aromatic heterocycles. The number of rotatable bonds is 4. The summed E-state index contributed by atoms with van der Waals surface area (Å²) in [5.74, 6) is -0.948. The Bertz CT molecular complexity index is 855. The Labute approximate surface area is 157 Å². The summed E-state index contributed by atoms with van der Waals surface area (Å²) in [4.78, 5) is 36.5. The van der Waals surface area contributed by atoms with E-state index in [9.17, 15) is 19.7 Å². The highest BCUT2D eigenvalue weighted by Crippen LogP contribution is 2.29. The van der Waals surface area contributed by atoms with Gasteiger partial charge in [0.1, 0.15) is 0 Å². The molecule has 1 atom stereocenters. The van der Waals surface area contributed by atoms with Gasteiger partial charge in [-0.05, 0) is 40.8 Å². The number of hydrogen-bond donors (Lipinski definition) is 1. The molecule has 1 fully saturated rings. The van der Waals surface area contributed by atoms with Crippen molar-refractivity contribution < 1.29 is 14.5 Å². The summed E-state index contributed by atoms with van der Waals surface area (Å²) in [6.07, 6.45) is 0.0813. The van der Waals surface area contributed by atoms with Crippen LogP contribution in [-0.2, 0) is 9.59 Å². The molecule has 2 aromatic rings. The maximum absolute atomic E-state index is 12.5. The van der Waals surface area contributed by atoms with Gasteiger partial charge in [0.2, 0.25) is 11.8 Å². The van der Waals surface area contributed by atoms with E-state index in [-0.39, 0.29) is 30.5 Å². The zero-order chi connectivity index (χ0) is 18.0. The quantitative estimate of drug-likeness (QED) is 0.439. The van der Waals surface area contributed by atoms with Crippen LogP contribution in [0.3, 0.4) is 0 Å². The lowest BCUT2D eigenvalue weighted by Gasteiger charge is -2.16. The van der Waals surface area contributed by atoms with Crippen molar-refractivity contribution in [1.29, 1.82) is 0 Å². The third-order valence-corrected chi connectivity index (χ3v) is 4.92. The van der Waals surface area contributed by atoms with Gasteiger partial charge in [-0.3, -0.25) is 19.7 Å². The normalized spacial score (nSPS) is 16.8. The van der Waals surface area contributed by atoms with E-state index in [1.165, 1.54) is 23.1 Å². The predicted octanol–water partition coefficient (Wildman–Crippen LogP) is 3.19. The number of amides is 2. The minimum atomic E-state index is -0.508. The van der Waals surface area contributed by atoms with Gasteiger partial charge in [0, 0.05) is 28.7 Å². The molecule has 2 aromatic carbocycles. The molecule has 0 spiro atoms. The minimum Gasteiger partial charge on any atom is -0.325 e. The number of non-ortho nitro benzene ring substituents is 1. The summed E-state index contributed by atoms with van der Waals surface area (Å²) in [5, 5.41) is 13.7. The van der Waals surface area contributed by atoms with Crippen molar-refractivity contribution in [2.45, 2.75) is 6.42 Å². The number of para-hydroxylation sites is 1. The fraction of sp³-hybridized carbons (Fsp3) is 0.176. The second-order valence-electron chi connectivity index (χ2n) is 5.65. The zero-order valence-corrected chi connectivity index (χ0v) is 15.2. The average molecular weight is 451 g/mol. The monoisotopic (exact) mass is 451 g/mol. The molecule has 128 valence electrons. The number of benzene rings is 2. The first-order valence-corrected chi connectivity index (χ1v) is 8.64. The van der Waals surface area contributed by atoms with Gasteiger partial charge in [-0.25, -0.2) is 0 Å². The number of carbonyl (C=O) groups is 2. The molecular weight excluding hydrogens is 437 g/mol. The van der Waals surface area contributed by atoms with Gasteiger partial charge in [-0.2, -0.15) is 0 Å². The molecule has 3 rings (SSSR count). The number of nitro groups is 1. The van der Waals surface area contributed by atoms with Crippen molar-refractivity contribution in [1.82, 2.24) is 0 Å². The topological polar surface area (TPSA) is 92.6 Å². The fourth-order valence-electron chi connectivity index (χ4n) is 2.70. The lowest BCUT2D eigenvalue weighted by atomic mass is 10.1. The number of anilines is 2. The second-order valence-corrected chi connectivity index (χ2v) is 6.81. The van der Waals surface area contributed by atoms with Gasteiger partial charge in [-0.15, -0.1) is 0 Å². The number of nitrogens with zero attached hydrogens (tertiary/aromatic N) is 2. The van der Waals surface area contributed by atoms with Crippen LogP contribution in [0.2, 0.25) is 0 Å². The third-order valence-electron chi connectivity index (χ3n) is 3.98. The first-order valence-electron chi connectivity index (χ1n) is 7.56. The van der Waals surface area contributed by atoms with Crippen LogP contribution < -0.4 is 10.2 Å². The SMILES string of the molecule is O=C(Nc1ccccc1I)[C@@H]1CC(=O)N(c2cccc([N+](=O)[O-])c2)C1. The first-order chi connectivity index (χ1) is 12.0. The lowest BCUT2D eigenvalue weighted by molar-refractivity contribution is -0.384. The molecule has 25 heavy (non-hydrogen) atoms. The van der Waals surface area contributed by atoms with Gasteiger partial charge >= 0.3 is 0 Å². The fourth-order valence-corrected chi connectivity index (χ4v) is 3.23. The molecule has 1 aliphatic rings. The van der Waals surface area contributed by atoms with E-state index >= 15 is 0 Å². The van der Waals surface area contributed by atoms with Crippen molar-refractivity contribution in [3.63, 3.8) is 0 Å². The number of halogens is 1. The first kappa shape index (κ1) is 17.3. The van der Waals surface area contributed by atoms with Gasteiger partial charge in [0.05, 0.1) is 22.2 Å². The van der Waals surface area contributed by atoms with E-state index in [1.54, 1.807) is 12.1 Å². The van der Waals surface area contributed by atoms with Crippen molar-refractivity contribution in [2.75, 3.05) is 16.8 Å². The highest BCUT2D eigenvalue weighted by atomic mass is 127. The van der Waals surface area contributed by atoms with E-state index in [4.69, 9.17) is 0 Å². The van der Waals surface area contributed by atoms with Gasteiger partial charge < -0.3 is 10.2 Å². The number of hydrogen-bond acceptors (Lipinski definition) is 4. The van der Waals surface area contributed by atoms with Crippen LogP contribution in [0.5, 0.6) is 0 Å². The summed E-state index contributed by atoms with van der Waals surface area (Å²) in [6, 6.07) is 13.3. The molecule has 1 N–H and O–H groups in total. The van der Waals surface area contributed by atoms with Crippen molar-refractivity contribution in [3.8, 4) is 0 Å². The highest BCUT2D eigenvalue weighted by molar-refractivity contribution is 14.1. The summed E-state index contributed by atoms with van der Waals surface area (Å²) < 4.78 is 0.910. The van der Waals surface area contributed by atoms with E-state index in [2.05, 4.69) is 27.9 Å². The average Bonchev–Trinajstić information content (AvgIpc) is 2.99. The number of carbonyl (C=O) groups excluding carboxylic acids is 2. The molecule has 7 nitrogen and oxygen atoms in total. The van der Waals surface area contributed by atoms with Crippen molar-refractivity contribution >= 4 is 51.5 Å². The van der Waals surface area contributed by atoms with E-state index < -0.39 is 10.8 Å². The van der Waals surface area contributed by atoms with Crippen LogP contribution in [-0.4, -0.2) is 23.3 Å². The van der Waals surface area contributed by atoms with Gasteiger partial charge in [0.15, 0.2) is 0 Å². The summed E-state index contributed by atoms with van der Waals surface area (Å²) in [7, 11) is 0. The number of nitrogens with one attached hydrogen (secondary N) is 1. The minimum absolute atomic E-state index is 0.0813. The Morgan fingerprint density at radius 3 is 2.72 bits per heavy atom. The molecule has 0 unspecified atom stereocenters. The van der Waals surface area contributed by atoms with Crippen LogP contribution in [0.25, 0.3) is 0 Å². The Morgan fingerprint density at radius 2 is 2.00 bits per heavy atom. The maximum atomic E-state index is 12.5. The van der Waals surface area contributed by atoms with Crippen molar-refractivity contribution in [3.05, 3.63) is 62.2 Å². The third kappa shape index (κ3) is 3.78. The standard InChI is InChI=1S/C17H14IN3O4/c18-14-6-1-2-7-15(14)19-17(23)11-8-16(22)20(10-11)12-4-3-5-13(9-12)21(24)25/h1-7,9,11H,8,10H2,(H,19,23)/t11-/m1/s1. The van der Waals surface area contributed by atoms with Crippen LogP contribution in [0.15, 0.2) is 48.5 Å². The van der Waals surface area contributed by atoms with Crippen LogP contribution in [0.1, 0.15) is 6.42 Å². The maximum Gasteiger partial charge on any atom is 0.271 e. The van der Waals surface area contributed by atoms with Crippen LogP contribution in [0, 0.1) is 19.6 Å². The molecule has 1 heterocycles. The Hall–Kier alpha value is -2.49. The molecule has 0 bridgehead atoms. The van der Waals surface area contributed by atoms with E-state index in [0.717, 1.165) is 3.57 Å². The number of nitro benzene ring substituents is 1. The van der Waals surface area contributed by atoms with Crippen molar-refractivity contribution in [2.24, 2.45) is 5.92 Å². The van der Waals surface area contributed by atoms with Gasteiger partial charge in [-0.1, -0.05) is 18.2 Å². The van der Waals surface area contributed by atoms with E-state index in [0.29, 0.717) is 11.4 Å². The van der Waals surface area contributed by atoms with Gasteiger partial charge in [0.25, 0.3) is 5.69 Å². The second kappa shape index (κ2) is 7.18. The largest absolute Gasteiger partial charge is 0.325 e. The molecule has 1 aliphatic heterocycles. The molecule has 8 heteroatoms. The van der Waals surface area contributed by atoms with Crippen LogP contribution >= 0.6 is 22.6 Å². The molecule has 2 amide bonds. The molecule has 0 aliphatic carbocycles. The highest BCUT2D eigenvalue weighted by Gasteiger charge is 2.35. The molecule has 0 radical (unpaired) electrons. The Balaban J connectivity index is 1.74. The summed E-state index contributed by atoms with van der Waals surface area (Å²) in [5.41, 5.74) is 1.05. The molecule has 0 saturated carbocycles. The summed E-state index contributed by atoms with van der Waals surface area (Å²) in [6.45, 7) is 0.204. The molecular formula is C17H14IN3O4. The van der Waals surface area contributed by atoms with E-state index in [1.807, 2.05) is 18.2 Å². The zero-order valence-electron chi connectivity index (χ0n) is 13.0. The van der Waals surface area contributed by atoms with Crippen LogP contribution in [0.4, 0.5) is 17.1 Å². The molecule has 1 saturated heterocycles. The Morgan fingerprint density at radius 1 is 1.24 bits per heavy atom.